The number of nitrogens with zero attached hydrogens (tertiary/aromatic N) is 1. The highest BCUT2D eigenvalue weighted by Crippen LogP contribution is 2.13. The molecule has 1 rings (SSSR count). The normalized spacial score (nSPS) is 18.0. The van der Waals surface area contributed by atoms with Gasteiger partial charge in [-0.25, -0.2) is 0 Å². The molecule has 0 aromatic rings. The van der Waals surface area contributed by atoms with Crippen molar-refractivity contribution in [2.45, 2.75) is 46.5 Å². The van der Waals surface area contributed by atoms with Gasteiger partial charge in [0.15, 0.2) is 0 Å². The molecule has 1 heterocycles. The molecule has 1 aliphatic rings. The van der Waals surface area contributed by atoms with E-state index < -0.39 is 0 Å². The molecule has 142 valence electrons. The van der Waals surface area contributed by atoms with Gasteiger partial charge < -0.3 is 10.2 Å². The van der Waals surface area contributed by atoms with Crippen molar-refractivity contribution >= 4 is 12.1 Å². The quantitative estimate of drug-likeness (QED) is 0.193. The molecule has 4 nitrogen and oxygen atoms in total. The Kier molecular flexibility index (Phi) is 11.8. The second kappa shape index (κ2) is 14.0. The molecule has 0 bridgehead atoms. The number of hydrogen-bond acceptors (Lipinski definition) is 4. The first-order valence-corrected chi connectivity index (χ1v) is 9.43. The molecule has 0 radical (unpaired) electrons. The zero-order valence-corrected chi connectivity index (χ0v) is 16.4. The lowest BCUT2D eigenvalue weighted by molar-refractivity contribution is 0.281. The monoisotopic (exact) mass is 355 g/mol. The summed E-state index contributed by atoms with van der Waals surface area (Å²) in [5, 5.41) is 15.2. The fraction of sp³-hybridized carbons (Fsp3) is 0.455. The molecule has 0 spiro atoms. The van der Waals surface area contributed by atoms with E-state index in [0.29, 0.717) is 0 Å². The number of hydrogen-bond donors (Lipinski definition) is 2. The van der Waals surface area contributed by atoms with Crippen molar-refractivity contribution in [3.8, 4) is 0 Å². The Hall–Kier alpha value is -2.20. The van der Waals surface area contributed by atoms with Gasteiger partial charge in [-0.1, -0.05) is 59.3 Å². The highest BCUT2D eigenvalue weighted by Gasteiger charge is 2.19. The van der Waals surface area contributed by atoms with Gasteiger partial charge in [-0.2, -0.15) is 0 Å². The van der Waals surface area contributed by atoms with Gasteiger partial charge in [0, 0.05) is 5.92 Å². The summed E-state index contributed by atoms with van der Waals surface area (Å²) in [6.45, 7) is 8.01. The summed E-state index contributed by atoms with van der Waals surface area (Å²) >= 11 is 0. The summed E-state index contributed by atoms with van der Waals surface area (Å²) in [6, 6.07) is 0. The van der Waals surface area contributed by atoms with E-state index in [-0.39, 0.29) is 11.8 Å². The molecule has 4 heteroatoms. The van der Waals surface area contributed by atoms with E-state index in [1.54, 1.807) is 6.21 Å². The molecule has 0 aliphatic carbocycles. The Morgan fingerprint density at radius 2 is 1.96 bits per heavy atom. The zero-order chi connectivity index (χ0) is 19.0. The molecule has 26 heavy (non-hydrogen) atoms. The average Bonchev–Trinajstić information content (AvgIpc) is 2.67. The Morgan fingerprint density at radius 1 is 1.19 bits per heavy atom. The lowest BCUT2D eigenvalue weighted by Crippen LogP contribution is -2.32. The van der Waals surface area contributed by atoms with Gasteiger partial charge in [-0.3, -0.25) is 5.41 Å². The Morgan fingerprint density at radius 3 is 2.65 bits per heavy atom. The molecule has 0 amide bonds. The SMILES string of the molecule is C/C=C\CC=C/C=C(\C)C\C=C/C(/C=N/OC(=N)C1CCNCC1)=C\C. The summed E-state index contributed by atoms with van der Waals surface area (Å²) in [4.78, 5) is 5.25. The number of piperidine rings is 1. The van der Waals surface area contributed by atoms with Gasteiger partial charge in [-0.15, -0.1) is 0 Å². The van der Waals surface area contributed by atoms with Crippen LogP contribution < -0.4 is 5.32 Å². The third kappa shape index (κ3) is 9.94. The Bertz CT molecular complexity index is 589. The van der Waals surface area contributed by atoms with Crippen molar-refractivity contribution in [2.24, 2.45) is 11.1 Å². The van der Waals surface area contributed by atoms with Crippen LogP contribution in [0.5, 0.6) is 0 Å². The maximum absolute atomic E-state index is 7.97. The maximum Gasteiger partial charge on any atom is 0.220 e. The first kappa shape index (κ1) is 21.8. The van der Waals surface area contributed by atoms with Crippen LogP contribution in [0.4, 0.5) is 0 Å². The van der Waals surface area contributed by atoms with E-state index in [0.717, 1.165) is 44.3 Å². The number of allylic oxidation sites excluding steroid dienone is 10. The minimum Gasteiger partial charge on any atom is -0.342 e. The molecule has 0 aromatic carbocycles. The van der Waals surface area contributed by atoms with Crippen LogP contribution in [0.3, 0.4) is 0 Å². The van der Waals surface area contributed by atoms with Crippen molar-refractivity contribution in [2.75, 3.05) is 13.1 Å². The van der Waals surface area contributed by atoms with E-state index in [4.69, 9.17) is 10.2 Å². The van der Waals surface area contributed by atoms with Crippen LogP contribution in [0.15, 0.2) is 64.9 Å². The standard InChI is InChI=1S/C22H33N3O/c1-4-6-7-8-9-11-19(3)12-10-13-20(5-2)18-25-26-22(23)21-14-16-24-17-15-21/h4-6,8-11,13,18,21,23-24H,7,12,14-17H2,1-3H3/b6-4-,9-8?,13-10-,19-11+,20-5+,23-22?,25-18+. The van der Waals surface area contributed by atoms with Crippen molar-refractivity contribution in [3.05, 3.63) is 59.8 Å². The largest absolute Gasteiger partial charge is 0.342 e. The molecule has 1 fully saturated rings. The van der Waals surface area contributed by atoms with E-state index in [1.807, 2.05) is 26.0 Å². The van der Waals surface area contributed by atoms with E-state index in [2.05, 4.69) is 53.9 Å². The van der Waals surface area contributed by atoms with Crippen molar-refractivity contribution in [1.29, 1.82) is 5.41 Å². The summed E-state index contributed by atoms with van der Waals surface area (Å²) < 4.78 is 0. The second-order valence-corrected chi connectivity index (χ2v) is 6.36. The number of nitrogens with one attached hydrogen (secondary N) is 2. The van der Waals surface area contributed by atoms with Gasteiger partial charge in [0.1, 0.15) is 0 Å². The summed E-state index contributed by atoms with van der Waals surface area (Å²) in [6.07, 6.45) is 22.1. The van der Waals surface area contributed by atoms with E-state index >= 15 is 0 Å². The highest BCUT2D eigenvalue weighted by molar-refractivity contribution is 5.83. The molecule has 0 atom stereocenters. The highest BCUT2D eigenvalue weighted by atomic mass is 16.6. The first-order valence-electron chi connectivity index (χ1n) is 9.43. The average molecular weight is 356 g/mol. The van der Waals surface area contributed by atoms with Gasteiger partial charge in [0.25, 0.3) is 0 Å². The Balaban J connectivity index is 2.38. The molecule has 0 unspecified atom stereocenters. The van der Waals surface area contributed by atoms with Crippen LogP contribution in [0.1, 0.15) is 46.5 Å². The molecule has 2 N–H and O–H groups in total. The van der Waals surface area contributed by atoms with Crippen molar-refractivity contribution in [3.63, 3.8) is 0 Å². The molecule has 1 saturated heterocycles. The lowest BCUT2D eigenvalue weighted by Gasteiger charge is -2.21. The smallest absolute Gasteiger partial charge is 0.220 e. The summed E-state index contributed by atoms with van der Waals surface area (Å²) in [5.41, 5.74) is 2.27. The van der Waals surface area contributed by atoms with Crippen molar-refractivity contribution < 1.29 is 4.84 Å². The first-order chi connectivity index (χ1) is 12.7. The van der Waals surface area contributed by atoms with Crippen molar-refractivity contribution in [1.82, 2.24) is 5.32 Å². The number of oxime groups is 1. The van der Waals surface area contributed by atoms with Gasteiger partial charge in [-0.05, 0) is 65.1 Å². The van der Waals surface area contributed by atoms with Gasteiger partial charge in [0.2, 0.25) is 5.90 Å². The van der Waals surface area contributed by atoms with E-state index in [1.165, 1.54) is 5.57 Å². The van der Waals surface area contributed by atoms with Crippen LogP contribution in [0, 0.1) is 11.3 Å². The fourth-order valence-corrected chi connectivity index (χ4v) is 2.49. The fourth-order valence-electron chi connectivity index (χ4n) is 2.49. The predicted octanol–water partition coefficient (Wildman–Crippen LogP) is 5.33. The third-order valence-electron chi connectivity index (χ3n) is 4.17. The second-order valence-electron chi connectivity index (χ2n) is 6.36. The van der Waals surface area contributed by atoms with E-state index in [9.17, 15) is 0 Å². The molecule has 0 saturated carbocycles. The predicted molar refractivity (Wildman–Crippen MR) is 113 cm³/mol. The van der Waals surface area contributed by atoms with Gasteiger partial charge in [0.05, 0.1) is 6.21 Å². The van der Waals surface area contributed by atoms with Crippen LogP contribution in [0.2, 0.25) is 0 Å². The molecule has 0 aromatic heterocycles. The maximum atomic E-state index is 7.97. The van der Waals surface area contributed by atoms with Crippen LogP contribution >= 0.6 is 0 Å². The minimum atomic E-state index is 0.187. The molecular formula is C22H33N3O. The van der Waals surface area contributed by atoms with Crippen LogP contribution in [-0.4, -0.2) is 25.2 Å². The van der Waals surface area contributed by atoms with Gasteiger partial charge >= 0.3 is 0 Å². The number of rotatable bonds is 9. The molecule has 1 aliphatic heterocycles. The van der Waals surface area contributed by atoms with Crippen LogP contribution in [0.25, 0.3) is 0 Å². The topological polar surface area (TPSA) is 57.5 Å². The third-order valence-corrected chi connectivity index (χ3v) is 4.17. The summed E-state index contributed by atoms with van der Waals surface area (Å²) in [5.74, 6) is 0.456. The summed E-state index contributed by atoms with van der Waals surface area (Å²) in [7, 11) is 0. The van der Waals surface area contributed by atoms with Crippen LogP contribution in [-0.2, 0) is 4.84 Å². The Labute approximate surface area is 158 Å². The zero-order valence-electron chi connectivity index (χ0n) is 16.4. The minimum absolute atomic E-state index is 0.187. The molecular weight excluding hydrogens is 322 g/mol. The lowest BCUT2D eigenvalue weighted by atomic mass is 9.98.